The van der Waals surface area contributed by atoms with E-state index < -0.39 is 23.6 Å². The van der Waals surface area contributed by atoms with E-state index in [1.807, 2.05) is 0 Å². The maximum atomic E-state index is 12.8. The first kappa shape index (κ1) is 18.8. The highest BCUT2D eigenvalue weighted by Crippen LogP contribution is 2.33. The van der Waals surface area contributed by atoms with Crippen molar-refractivity contribution in [1.82, 2.24) is 4.98 Å². The number of amides is 4. The summed E-state index contributed by atoms with van der Waals surface area (Å²) in [6.07, 6.45) is 0. The quantitative estimate of drug-likeness (QED) is 0.467. The summed E-state index contributed by atoms with van der Waals surface area (Å²) in [4.78, 5) is 57.4. The molecule has 1 aromatic heterocycles. The van der Waals surface area contributed by atoms with E-state index in [-0.39, 0.29) is 33.9 Å². The molecule has 2 aromatic carbocycles. The van der Waals surface area contributed by atoms with E-state index in [2.05, 4.69) is 36.8 Å². The predicted octanol–water partition coefficient (Wildman–Crippen LogP) is 4.21. The molecule has 0 unspecified atom stereocenters. The van der Waals surface area contributed by atoms with Crippen LogP contribution in [0.4, 0.5) is 11.6 Å². The monoisotopic (exact) mass is 525 g/mol. The lowest BCUT2D eigenvalue weighted by Gasteiger charge is -2.17. The van der Waals surface area contributed by atoms with E-state index in [0.29, 0.717) is 8.95 Å². The number of anilines is 2. The maximum Gasteiger partial charge on any atom is 0.267 e. The van der Waals surface area contributed by atoms with Crippen LogP contribution in [-0.4, -0.2) is 28.6 Å². The van der Waals surface area contributed by atoms with E-state index in [9.17, 15) is 19.2 Å². The number of imide groups is 2. The SMILES string of the molecule is O=C1c2ccc(Br)cc2C(=O)N1c1cccc(N2C(=O)c3ccc(Br)cc3C2=O)n1. The molecule has 9 heteroatoms. The Hall–Kier alpha value is -3.17. The maximum absolute atomic E-state index is 12.8. The second kappa shape index (κ2) is 6.68. The van der Waals surface area contributed by atoms with Crippen LogP contribution in [-0.2, 0) is 0 Å². The number of rotatable bonds is 2. The molecule has 3 aromatic rings. The van der Waals surface area contributed by atoms with Gasteiger partial charge in [0.25, 0.3) is 23.6 Å². The minimum atomic E-state index is -0.521. The Morgan fingerprint density at radius 1 is 0.567 bits per heavy atom. The molecule has 7 nitrogen and oxygen atoms in total. The molecule has 0 N–H and O–H groups in total. The van der Waals surface area contributed by atoms with Gasteiger partial charge >= 0.3 is 0 Å². The molecular formula is C21H9Br2N3O4. The first-order chi connectivity index (χ1) is 14.4. The molecule has 0 saturated heterocycles. The zero-order valence-corrected chi connectivity index (χ0v) is 18.1. The highest BCUT2D eigenvalue weighted by molar-refractivity contribution is 9.10. The summed E-state index contributed by atoms with van der Waals surface area (Å²) >= 11 is 6.59. The van der Waals surface area contributed by atoms with Crippen LogP contribution in [0.1, 0.15) is 41.4 Å². The molecule has 30 heavy (non-hydrogen) atoms. The Balaban J connectivity index is 1.55. The van der Waals surface area contributed by atoms with Crippen LogP contribution in [0.3, 0.4) is 0 Å². The lowest BCUT2D eigenvalue weighted by atomic mass is 10.1. The van der Waals surface area contributed by atoms with Gasteiger partial charge in [-0.05, 0) is 48.5 Å². The zero-order chi connectivity index (χ0) is 21.2. The van der Waals surface area contributed by atoms with Gasteiger partial charge in [0.15, 0.2) is 0 Å². The van der Waals surface area contributed by atoms with Gasteiger partial charge in [0.2, 0.25) is 0 Å². The molecule has 0 aliphatic carbocycles. The molecule has 3 heterocycles. The minimum absolute atomic E-state index is 0.0348. The average molecular weight is 527 g/mol. The third-order valence-corrected chi connectivity index (χ3v) is 5.86. The van der Waals surface area contributed by atoms with Crippen molar-refractivity contribution in [1.29, 1.82) is 0 Å². The van der Waals surface area contributed by atoms with Gasteiger partial charge in [0.1, 0.15) is 11.6 Å². The number of pyridine rings is 1. The summed E-state index contributed by atoms with van der Waals surface area (Å²) in [6, 6.07) is 14.1. The van der Waals surface area contributed by atoms with Crippen molar-refractivity contribution >= 4 is 67.1 Å². The van der Waals surface area contributed by atoms with Gasteiger partial charge in [-0.25, -0.2) is 14.8 Å². The van der Waals surface area contributed by atoms with Gasteiger partial charge in [0, 0.05) is 8.95 Å². The fourth-order valence-corrected chi connectivity index (χ4v) is 4.23. The van der Waals surface area contributed by atoms with E-state index >= 15 is 0 Å². The van der Waals surface area contributed by atoms with Gasteiger partial charge in [-0.1, -0.05) is 37.9 Å². The molecule has 4 amide bonds. The smallest absolute Gasteiger partial charge is 0.267 e. The Morgan fingerprint density at radius 3 is 1.40 bits per heavy atom. The largest absolute Gasteiger partial charge is 0.268 e. The normalized spacial score (nSPS) is 15.1. The molecule has 0 bridgehead atoms. The number of carbonyl (C=O) groups excluding carboxylic acids is 4. The van der Waals surface area contributed by atoms with Crippen LogP contribution in [0.5, 0.6) is 0 Å². The van der Waals surface area contributed by atoms with Crippen LogP contribution in [0, 0.1) is 0 Å². The lowest BCUT2D eigenvalue weighted by molar-refractivity contribution is 0.0912. The summed E-state index contributed by atoms with van der Waals surface area (Å²) in [7, 11) is 0. The van der Waals surface area contributed by atoms with Crippen molar-refractivity contribution in [2.75, 3.05) is 9.80 Å². The topological polar surface area (TPSA) is 87.7 Å². The standard InChI is InChI=1S/C21H9Br2N3O4/c22-10-4-6-12-14(8-10)20(29)25(18(12)27)16-2-1-3-17(24-16)26-19(28)13-7-5-11(23)9-15(13)21(26)30/h1-9H. The van der Waals surface area contributed by atoms with Crippen LogP contribution in [0.25, 0.3) is 0 Å². The summed E-state index contributed by atoms with van der Waals surface area (Å²) < 4.78 is 1.34. The highest BCUT2D eigenvalue weighted by atomic mass is 79.9. The number of carbonyl (C=O) groups is 4. The van der Waals surface area contributed by atoms with Crippen molar-refractivity contribution in [3.63, 3.8) is 0 Å². The van der Waals surface area contributed by atoms with Gasteiger partial charge in [-0.3, -0.25) is 19.2 Å². The lowest BCUT2D eigenvalue weighted by Crippen LogP contribution is -2.33. The molecule has 0 saturated carbocycles. The summed E-state index contributed by atoms with van der Waals surface area (Å²) in [6.45, 7) is 0. The predicted molar refractivity (Wildman–Crippen MR) is 115 cm³/mol. The van der Waals surface area contributed by atoms with Gasteiger partial charge < -0.3 is 0 Å². The zero-order valence-electron chi connectivity index (χ0n) is 14.9. The number of aromatic nitrogens is 1. The molecule has 2 aliphatic rings. The van der Waals surface area contributed by atoms with Gasteiger partial charge in [0.05, 0.1) is 22.3 Å². The Bertz CT molecular complexity index is 1220. The Labute approximate surface area is 186 Å². The third-order valence-electron chi connectivity index (χ3n) is 4.88. The van der Waals surface area contributed by atoms with Crippen LogP contribution < -0.4 is 9.80 Å². The van der Waals surface area contributed by atoms with Gasteiger partial charge in [-0.2, -0.15) is 0 Å². The van der Waals surface area contributed by atoms with Crippen molar-refractivity contribution in [3.05, 3.63) is 85.8 Å². The summed E-state index contributed by atoms with van der Waals surface area (Å²) in [5, 5.41) is 0. The molecule has 0 fully saturated rings. The van der Waals surface area contributed by atoms with Crippen LogP contribution >= 0.6 is 31.9 Å². The molecule has 0 radical (unpaired) electrons. The number of nitrogens with zero attached hydrogens (tertiary/aromatic N) is 3. The second-order valence-corrected chi connectivity index (χ2v) is 8.46. The first-order valence-corrected chi connectivity index (χ1v) is 10.3. The molecule has 146 valence electrons. The van der Waals surface area contributed by atoms with Crippen molar-refractivity contribution in [3.8, 4) is 0 Å². The first-order valence-electron chi connectivity index (χ1n) is 8.70. The molecule has 0 spiro atoms. The Kier molecular flexibility index (Phi) is 4.19. The van der Waals surface area contributed by atoms with Crippen LogP contribution in [0.15, 0.2) is 63.5 Å². The van der Waals surface area contributed by atoms with E-state index in [0.717, 1.165) is 9.80 Å². The van der Waals surface area contributed by atoms with Gasteiger partial charge in [-0.15, -0.1) is 0 Å². The number of benzene rings is 2. The highest BCUT2D eigenvalue weighted by Gasteiger charge is 2.40. The second-order valence-electron chi connectivity index (χ2n) is 6.63. The molecule has 5 rings (SSSR count). The number of hydrogen-bond donors (Lipinski definition) is 0. The molecule has 0 atom stereocenters. The Morgan fingerprint density at radius 2 is 0.967 bits per heavy atom. The molecular weight excluding hydrogens is 518 g/mol. The third kappa shape index (κ3) is 2.66. The number of fused-ring (bicyclic) bond motifs is 2. The summed E-state index contributed by atoms with van der Waals surface area (Å²) in [5.41, 5.74) is 1.04. The van der Waals surface area contributed by atoms with E-state index in [1.54, 1.807) is 36.4 Å². The number of hydrogen-bond acceptors (Lipinski definition) is 5. The van der Waals surface area contributed by atoms with Crippen molar-refractivity contribution < 1.29 is 19.2 Å². The summed E-state index contributed by atoms with van der Waals surface area (Å²) in [5.74, 6) is -2.00. The molecule has 2 aliphatic heterocycles. The fourth-order valence-electron chi connectivity index (χ4n) is 3.50. The van der Waals surface area contributed by atoms with Crippen molar-refractivity contribution in [2.24, 2.45) is 0 Å². The van der Waals surface area contributed by atoms with Crippen molar-refractivity contribution in [2.45, 2.75) is 0 Å². The van der Waals surface area contributed by atoms with E-state index in [1.165, 1.54) is 18.2 Å². The fraction of sp³-hybridized carbons (Fsp3) is 0. The minimum Gasteiger partial charge on any atom is -0.268 e. The van der Waals surface area contributed by atoms with E-state index in [4.69, 9.17) is 0 Å². The van der Waals surface area contributed by atoms with Crippen LogP contribution in [0.2, 0.25) is 0 Å². The number of halogens is 2. The average Bonchev–Trinajstić information content (AvgIpc) is 3.12.